The fourth-order valence-corrected chi connectivity index (χ4v) is 5.79. The van der Waals surface area contributed by atoms with E-state index in [0.717, 1.165) is 39.2 Å². The van der Waals surface area contributed by atoms with Crippen molar-refractivity contribution in [3.05, 3.63) is 126 Å². The predicted molar refractivity (Wildman–Crippen MR) is 160 cm³/mol. The van der Waals surface area contributed by atoms with Crippen LogP contribution in [0.25, 0.3) is 16.5 Å². The Morgan fingerprint density at radius 3 is 2.51 bits per heavy atom. The number of para-hydroxylation sites is 1. The molecule has 1 amide bonds. The van der Waals surface area contributed by atoms with Crippen LogP contribution in [0.2, 0.25) is 0 Å². The van der Waals surface area contributed by atoms with Crippen LogP contribution >= 0.6 is 12.2 Å². The molecule has 1 fully saturated rings. The lowest BCUT2D eigenvalue weighted by Gasteiger charge is -2.29. The third kappa shape index (κ3) is 4.89. The highest BCUT2D eigenvalue weighted by molar-refractivity contribution is 7.80. The van der Waals surface area contributed by atoms with Crippen molar-refractivity contribution in [2.45, 2.75) is 25.4 Å². The van der Waals surface area contributed by atoms with Crippen molar-refractivity contribution < 1.29 is 4.79 Å². The first-order valence-corrected chi connectivity index (χ1v) is 13.5. The van der Waals surface area contributed by atoms with Crippen LogP contribution in [0.3, 0.4) is 0 Å². The van der Waals surface area contributed by atoms with Crippen molar-refractivity contribution in [2.75, 3.05) is 11.9 Å². The van der Waals surface area contributed by atoms with Gasteiger partial charge >= 0.3 is 0 Å². The number of fused-ring (bicyclic) bond motifs is 1. The smallest absolute Gasteiger partial charge is 0.226 e. The molecule has 2 aromatic heterocycles. The molecule has 1 aliphatic heterocycles. The van der Waals surface area contributed by atoms with Crippen LogP contribution in [0.1, 0.15) is 35.6 Å². The number of amides is 1. The van der Waals surface area contributed by atoms with E-state index in [2.05, 4.69) is 56.3 Å². The Bertz CT molecular complexity index is 1630. The average Bonchev–Trinajstić information content (AvgIpc) is 3.51. The van der Waals surface area contributed by atoms with Gasteiger partial charge in [0.25, 0.3) is 0 Å². The van der Waals surface area contributed by atoms with Gasteiger partial charge in [0.1, 0.15) is 0 Å². The fraction of sp³-hybridized carbons (Fsp3) is 0.156. The van der Waals surface area contributed by atoms with Gasteiger partial charge in [-0.05, 0) is 67.0 Å². The molecule has 0 unspecified atom stereocenters. The van der Waals surface area contributed by atoms with Gasteiger partial charge in [-0.2, -0.15) is 0 Å². The third-order valence-corrected chi connectivity index (χ3v) is 7.62. The van der Waals surface area contributed by atoms with Crippen LogP contribution < -0.4 is 10.6 Å². The monoisotopic (exact) mass is 531 g/mol. The number of hydrogen-bond acceptors (Lipinski definition) is 3. The van der Waals surface area contributed by atoms with Crippen molar-refractivity contribution in [2.24, 2.45) is 0 Å². The SMILES string of the molecule is Cc1ccc([C@@H]2[C@@H](c3ccccn3)NC(=S)N2CCC(=O)Nc2cccc3ccccc23)n1-c1ccccc1. The van der Waals surface area contributed by atoms with Crippen LogP contribution in [0, 0.1) is 6.92 Å². The summed E-state index contributed by atoms with van der Waals surface area (Å²) in [5.74, 6) is -0.0520. The number of anilines is 1. The molecule has 0 spiro atoms. The molecule has 39 heavy (non-hydrogen) atoms. The van der Waals surface area contributed by atoms with Gasteiger partial charge in [0.15, 0.2) is 5.11 Å². The summed E-state index contributed by atoms with van der Waals surface area (Å²) in [6.07, 6.45) is 2.10. The number of benzene rings is 3. The Morgan fingerprint density at radius 2 is 1.69 bits per heavy atom. The van der Waals surface area contributed by atoms with Gasteiger partial charge in [0, 0.05) is 47.3 Å². The molecule has 1 saturated heterocycles. The average molecular weight is 532 g/mol. The number of aromatic nitrogens is 2. The molecule has 2 atom stereocenters. The number of pyridine rings is 1. The summed E-state index contributed by atoms with van der Waals surface area (Å²) in [4.78, 5) is 20.0. The quantitative estimate of drug-likeness (QED) is 0.240. The summed E-state index contributed by atoms with van der Waals surface area (Å²) < 4.78 is 2.26. The van der Waals surface area contributed by atoms with Crippen LogP contribution in [0.15, 0.2) is 109 Å². The molecule has 7 heteroatoms. The highest BCUT2D eigenvalue weighted by Gasteiger charge is 2.41. The highest BCUT2D eigenvalue weighted by Crippen LogP contribution is 2.40. The zero-order chi connectivity index (χ0) is 26.8. The van der Waals surface area contributed by atoms with Gasteiger partial charge in [-0.25, -0.2) is 0 Å². The minimum Gasteiger partial charge on any atom is -0.352 e. The molecule has 6 rings (SSSR count). The van der Waals surface area contributed by atoms with Crippen molar-refractivity contribution in [1.82, 2.24) is 19.8 Å². The Hall–Kier alpha value is -4.49. The maximum atomic E-state index is 13.2. The molecule has 6 nitrogen and oxygen atoms in total. The number of rotatable bonds is 7. The first-order chi connectivity index (χ1) is 19.1. The minimum absolute atomic E-state index is 0.0520. The van der Waals surface area contributed by atoms with Gasteiger partial charge < -0.3 is 20.1 Å². The maximum absolute atomic E-state index is 13.2. The molecule has 0 saturated carbocycles. The summed E-state index contributed by atoms with van der Waals surface area (Å²) >= 11 is 5.85. The van der Waals surface area contributed by atoms with Gasteiger partial charge in [-0.1, -0.05) is 60.7 Å². The summed E-state index contributed by atoms with van der Waals surface area (Å²) in [6.45, 7) is 2.57. The second-order valence-corrected chi connectivity index (χ2v) is 10.1. The molecular formula is C32H29N5OS. The number of thiocarbonyl (C=S) groups is 1. The molecule has 194 valence electrons. The van der Waals surface area contributed by atoms with Gasteiger partial charge in [-0.3, -0.25) is 9.78 Å². The summed E-state index contributed by atoms with van der Waals surface area (Å²) in [7, 11) is 0. The van der Waals surface area contributed by atoms with E-state index in [4.69, 9.17) is 12.2 Å². The van der Waals surface area contributed by atoms with Crippen LogP contribution in [0.5, 0.6) is 0 Å². The normalized spacial score (nSPS) is 16.8. The van der Waals surface area contributed by atoms with Crippen LogP contribution in [-0.2, 0) is 4.79 Å². The number of carbonyl (C=O) groups is 1. The predicted octanol–water partition coefficient (Wildman–Crippen LogP) is 6.34. The molecule has 0 bridgehead atoms. The fourth-order valence-electron chi connectivity index (χ4n) is 5.46. The Labute approximate surface area is 233 Å². The summed E-state index contributed by atoms with van der Waals surface area (Å²) in [5.41, 5.74) is 5.03. The van der Waals surface area contributed by atoms with Crippen molar-refractivity contribution in [1.29, 1.82) is 0 Å². The number of nitrogens with one attached hydrogen (secondary N) is 2. The number of hydrogen-bond donors (Lipinski definition) is 2. The first-order valence-electron chi connectivity index (χ1n) is 13.1. The standard InChI is InChI=1S/C32H29N5OS/c1-22-17-18-28(37(22)24-12-3-2-4-13-24)31-30(27-15-7-8-20-33-27)35-32(39)36(31)21-19-29(38)34-26-16-9-11-23-10-5-6-14-25(23)26/h2-18,20,30-31H,19,21H2,1H3,(H,34,38)(H,35,39)/t30-,31-/m1/s1. The highest BCUT2D eigenvalue weighted by atomic mass is 32.1. The molecule has 5 aromatic rings. The van der Waals surface area contributed by atoms with E-state index in [0.29, 0.717) is 18.1 Å². The lowest BCUT2D eigenvalue weighted by Crippen LogP contribution is -2.33. The van der Waals surface area contributed by atoms with E-state index in [1.165, 1.54) is 0 Å². The van der Waals surface area contributed by atoms with E-state index >= 15 is 0 Å². The molecular weight excluding hydrogens is 502 g/mol. The van der Waals surface area contributed by atoms with E-state index in [1.54, 1.807) is 6.20 Å². The number of carbonyl (C=O) groups excluding carboxylic acids is 1. The number of aryl methyl sites for hydroxylation is 1. The third-order valence-electron chi connectivity index (χ3n) is 7.26. The van der Waals surface area contributed by atoms with Gasteiger partial charge in [0.2, 0.25) is 5.91 Å². The van der Waals surface area contributed by atoms with Crippen LogP contribution in [-0.4, -0.2) is 32.0 Å². The van der Waals surface area contributed by atoms with Gasteiger partial charge in [-0.15, -0.1) is 0 Å². The minimum atomic E-state index is -0.156. The number of nitrogens with zero attached hydrogens (tertiary/aromatic N) is 3. The largest absolute Gasteiger partial charge is 0.352 e. The van der Waals surface area contributed by atoms with Crippen molar-refractivity contribution in [3.63, 3.8) is 0 Å². The zero-order valence-corrected chi connectivity index (χ0v) is 22.4. The molecule has 1 aliphatic rings. The van der Waals surface area contributed by atoms with Crippen LogP contribution in [0.4, 0.5) is 5.69 Å². The second-order valence-electron chi connectivity index (χ2n) is 9.72. The van der Waals surface area contributed by atoms with Gasteiger partial charge in [0.05, 0.1) is 17.8 Å². The summed E-state index contributed by atoms with van der Waals surface area (Å²) in [5, 5.41) is 9.35. The van der Waals surface area contributed by atoms with E-state index in [1.807, 2.05) is 78.9 Å². The Kier molecular flexibility index (Phi) is 6.82. The summed E-state index contributed by atoms with van der Waals surface area (Å²) in [6, 6.07) is 34.2. The van der Waals surface area contributed by atoms with Crippen molar-refractivity contribution >= 4 is 39.7 Å². The Morgan fingerprint density at radius 1 is 0.923 bits per heavy atom. The van der Waals surface area contributed by atoms with Crippen molar-refractivity contribution in [3.8, 4) is 5.69 Å². The second kappa shape index (κ2) is 10.7. The van der Waals surface area contributed by atoms with E-state index in [9.17, 15) is 4.79 Å². The maximum Gasteiger partial charge on any atom is 0.226 e. The van der Waals surface area contributed by atoms with E-state index in [-0.39, 0.29) is 18.0 Å². The molecule has 3 aromatic carbocycles. The Balaban J connectivity index is 1.30. The van der Waals surface area contributed by atoms with E-state index < -0.39 is 0 Å². The first kappa shape index (κ1) is 24.8. The lowest BCUT2D eigenvalue weighted by molar-refractivity contribution is -0.116. The molecule has 3 heterocycles. The topological polar surface area (TPSA) is 62.2 Å². The molecule has 0 aliphatic carbocycles. The zero-order valence-electron chi connectivity index (χ0n) is 21.6. The lowest BCUT2D eigenvalue weighted by atomic mass is 10.0. The molecule has 0 radical (unpaired) electrons. The molecule has 2 N–H and O–H groups in total.